The van der Waals surface area contributed by atoms with Gasteiger partial charge in [0, 0.05) is 0 Å². The maximum atomic E-state index is 13.5. The topological polar surface area (TPSA) is 0 Å². The molecule has 0 aliphatic carbocycles. The number of hydrogen-bond acceptors (Lipinski definition) is 0. The summed E-state index contributed by atoms with van der Waals surface area (Å²) >= 11 is 1.04. The summed E-state index contributed by atoms with van der Waals surface area (Å²) < 4.78 is 167. The van der Waals surface area contributed by atoms with E-state index in [0.29, 0.717) is 0 Å². The molecule has 156 valence electrons. The van der Waals surface area contributed by atoms with Gasteiger partial charge < -0.3 is 0 Å². The Bertz CT molecular complexity index is 555. The molecule has 0 aromatic rings. The first kappa shape index (κ1) is 25.8. The van der Waals surface area contributed by atoms with Crippen LogP contribution < -0.4 is 0 Å². The number of allylic oxidation sites excluding steroid dienone is 1. The molecule has 0 saturated heterocycles. The highest BCUT2D eigenvalue weighted by atomic mass is 127. The summed E-state index contributed by atoms with van der Waals surface area (Å²) in [4.78, 5) is 0. The lowest BCUT2D eigenvalue weighted by Gasteiger charge is -2.39. The van der Waals surface area contributed by atoms with Gasteiger partial charge in [-0.15, -0.1) is 0 Å². The molecule has 0 heterocycles. The van der Waals surface area contributed by atoms with Crippen molar-refractivity contribution in [3.8, 4) is 0 Å². The van der Waals surface area contributed by atoms with Crippen LogP contribution in [0.5, 0.6) is 0 Å². The lowest BCUT2D eigenvalue weighted by molar-refractivity contribution is -0.436. The molecule has 0 aromatic heterocycles. The Hall–Kier alpha value is -0.223. The van der Waals surface area contributed by atoms with Gasteiger partial charge in [0.1, 0.15) is 0 Å². The van der Waals surface area contributed by atoms with Gasteiger partial charge >= 0.3 is 35.8 Å². The molecule has 0 aromatic carbocycles. The van der Waals surface area contributed by atoms with E-state index in [2.05, 4.69) is 0 Å². The summed E-state index contributed by atoms with van der Waals surface area (Å²) in [6.07, 6.45) is -8.22. The molecule has 0 fully saturated rings. The van der Waals surface area contributed by atoms with E-state index >= 15 is 0 Å². The summed E-state index contributed by atoms with van der Waals surface area (Å²) in [5, 5.41) is 0. The van der Waals surface area contributed by atoms with Crippen LogP contribution in [-0.2, 0) is 0 Å². The molecule has 15 heteroatoms. The van der Waals surface area contributed by atoms with Gasteiger partial charge in [0.25, 0.3) is 0 Å². The lowest BCUT2D eigenvalue weighted by Crippen LogP contribution is -2.69. The Labute approximate surface area is 152 Å². The molecule has 0 spiro atoms. The zero-order chi connectivity index (χ0) is 21.8. The van der Waals surface area contributed by atoms with E-state index in [-0.39, 0.29) is 0 Å². The van der Waals surface area contributed by atoms with Crippen molar-refractivity contribution >= 4 is 30.7 Å². The molecule has 0 unspecified atom stereocenters. The van der Waals surface area contributed by atoms with Crippen molar-refractivity contribution in [2.24, 2.45) is 0 Å². The number of halogens is 14. The van der Waals surface area contributed by atoms with Crippen LogP contribution in [0.4, 0.5) is 57.1 Å². The molecule has 0 amide bonds. The third-order valence-electron chi connectivity index (χ3n) is 2.98. The molecule has 0 saturated carbocycles. The molecule has 0 bridgehead atoms. The maximum Gasteiger partial charge on any atom is 0.460 e. The van der Waals surface area contributed by atoms with Gasteiger partial charge in [-0.3, -0.25) is 0 Å². The molecule has 0 aliphatic rings. The van der Waals surface area contributed by atoms with Crippen LogP contribution in [0.2, 0.25) is 19.6 Å². The minimum absolute atomic E-state index is 0.624. The van der Waals surface area contributed by atoms with Crippen LogP contribution in [0.25, 0.3) is 0 Å². The molecule has 0 rings (SSSR count). The van der Waals surface area contributed by atoms with Crippen LogP contribution in [0.1, 0.15) is 0 Å². The summed E-state index contributed by atoms with van der Waals surface area (Å²) in [6.45, 7) is 3.80. The first-order valence-corrected chi connectivity index (χ1v) is 10.8. The molecule has 0 radical (unpaired) electrons. The zero-order valence-corrected chi connectivity index (χ0v) is 16.0. The van der Waals surface area contributed by atoms with Crippen LogP contribution in [0, 0.1) is 0 Å². The standard InChI is InChI=1S/C11H10F13ISi/c1-26(2,3)5(25)4-6(12,13)7(14,15)8(16,17)9(18,19)10(20,21)11(22,23)24/h4H,1-3H3/b5-4+. The quantitative estimate of drug-likeness (QED) is 0.194. The van der Waals surface area contributed by atoms with Gasteiger partial charge in [-0.25, -0.2) is 0 Å². The number of alkyl halides is 13. The van der Waals surface area contributed by atoms with Gasteiger partial charge in [0.05, 0.1) is 8.07 Å². The third-order valence-corrected chi connectivity index (χ3v) is 9.73. The Balaban J connectivity index is 6.43. The van der Waals surface area contributed by atoms with Crippen molar-refractivity contribution in [3.05, 3.63) is 9.28 Å². The highest BCUT2D eigenvalue weighted by Crippen LogP contribution is 2.60. The average molecular weight is 544 g/mol. The molecule has 26 heavy (non-hydrogen) atoms. The predicted octanol–water partition coefficient (Wildman–Crippen LogP) is 6.92. The molecule has 0 N–H and O–H groups in total. The van der Waals surface area contributed by atoms with Crippen molar-refractivity contribution in [2.45, 2.75) is 55.4 Å². The van der Waals surface area contributed by atoms with Crippen LogP contribution >= 0.6 is 22.6 Å². The second-order valence-corrected chi connectivity index (χ2v) is 13.4. The molecular formula is C11H10F13ISi. The Morgan fingerprint density at radius 2 is 0.923 bits per heavy atom. The SMILES string of the molecule is C[Si](C)(C)/C(I)=C/C(F)(F)C(F)(F)C(F)(F)C(F)(F)C(F)(F)C(F)(F)F. The summed E-state index contributed by atoms with van der Waals surface area (Å²) in [7, 11) is -2.85. The fraction of sp³-hybridized carbons (Fsp3) is 0.818. The van der Waals surface area contributed by atoms with Gasteiger partial charge in [-0.2, -0.15) is 57.1 Å². The first-order valence-electron chi connectivity index (χ1n) is 6.22. The van der Waals surface area contributed by atoms with Crippen molar-refractivity contribution in [1.82, 2.24) is 0 Å². The highest BCUT2D eigenvalue weighted by molar-refractivity contribution is 14.1. The van der Waals surface area contributed by atoms with Crippen molar-refractivity contribution in [2.75, 3.05) is 0 Å². The molecule has 0 nitrogen and oxygen atoms in total. The Morgan fingerprint density at radius 1 is 0.615 bits per heavy atom. The van der Waals surface area contributed by atoms with E-state index in [1.54, 1.807) is 0 Å². The highest BCUT2D eigenvalue weighted by Gasteiger charge is 2.90. The van der Waals surface area contributed by atoms with Crippen molar-refractivity contribution < 1.29 is 57.1 Å². The minimum Gasteiger partial charge on any atom is -0.195 e. The number of hydrogen-bond donors (Lipinski definition) is 0. The van der Waals surface area contributed by atoms with E-state index in [4.69, 9.17) is 0 Å². The summed E-state index contributed by atoms with van der Waals surface area (Å²) in [5.41, 5.74) is 0. The number of rotatable bonds is 6. The van der Waals surface area contributed by atoms with Crippen LogP contribution in [-0.4, -0.2) is 43.9 Å². The van der Waals surface area contributed by atoms with E-state index in [1.165, 1.54) is 19.6 Å². The van der Waals surface area contributed by atoms with Crippen LogP contribution in [0.3, 0.4) is 0 Å². The van der Waals surface area contributed by atoms with E-state index < -0.39 is 53.1 Å². The second kappa shape index (κ2) is 6.68. The van der Waals surface area contributed by atoms with Gasteiger partial charge in [0.2, 0.25) is 0 Å². The van der Waals surface area contributed by atoms with E-state index in [0.717, 1.165) is 22.6 Å². The monoisotopic (exact) mass is 544 g/mol. The average Bonchev–Trinajstić information content (AvgIpc) is 2.34. The summed E-state index contributed by atoms with van der Waals surface area (Å²) in [6, 6.07) is 0. The molecular weight excluding hydrogens is 534 g/mol. The Morgan fingerprint density at radius 3 is 1.19 bits per heavy atom. The minimum atomic E-state index is -7.86. The Kier molecular flexibility index (Phi) is 6.63. The van der Waals surface area contributed by atoms with E-state index in [9.17, 15) is 57.1 Å². The van der Waals surface area contributed by atoms with Crippen molar-refractivity contribution in [3.63, 3.8) is 0 Å². The van der Waals surface area contributed by atoms with Gasteiger partial charge in [-0.1, -0.05) is 42.2 Å². The zero-order valence-electron chi connectivity index (χ0n) is 12.9. The smallest absolute Gasteiger partial charge is 0.195 e. The fourth-order valence-corrected chi connectivity index (χ4v) is 2.25. The molecule has 0 aliphatic heterocycles. The van der Waals surface area contributed by atoms with Gasteiger partial charge in [-0.05, 0) is 9.28 Å². The normalized spacial score (nSPS) is 16.9. The predicted molar refractivity (Wildman–Crippen MR) is 76.2 cm³/mol. The third kappa shape index (κ3) is 3.96. The van der Waals surface area contributed by atoms with E-state index in [1.807, 2.05) is 0 Å². The maximum absolute atomic E-state index is 13.5. The van der Waals surface area contributed by atoms with Crippen LogP contribution in [0.15, 0.2) is 9.28 Å². The summed E-state index contributed by atoms with van der Waals surface area (Å²) in [5.74, 6) is -36.7. The second-order valence-electron chi connectivity index (χ2n) is 6.16. The van der Waals surface area contributed by atoms with Gasteiger partial charge in [0.15, 0.2) is 0 Å². The largest absolute Gasteiger partial charge is 0.460 e. The van der Waals surface area contributed by atoms with Crippen molar-refractivity contribution in [1.29, 1.82) is 0 Å². The lowest BCUT2D eigenvalue weighted by atomic mass is 9.94. The fourth-order valence-electron chi connectivity index (χ4n) is 1.25. The first-order chi connectivity index (χ1) is 10.9. The molecule has 0 atom stereocenters.